The van der Waals surface area contributed by atoms with Crippen molar-refractivity contribution in [3.8, 4) is 0 Å². The molecule has 2 rings (SSSR count). The zero-order valence-corrected chi connectivity index (χ0v) is 6.56. The predicted molar refractivity (Wildman–Crippen MR) is 40.8 cm³/mol. The molecule has 1 fully saturated rings. The average molecular weight is 155 g/mol. The van der Waals surface area contributed by atoms with Gasteiger partial charge in [-0.15, -0.1) is 10.2 Å². The molecule has 4 heteroatoms. The minimum atomic E-state index is 0.592. The second kappa shape index (κ2) is 1.92. The zero-order chi connectivity index (χ0) is 7.14. The molecule has 0 spiro atoms. The molecule has 0 radical (unpaired) electrons. The highest BCUT2D eigenvalue weighted by atomic mass is 32.1. The lowest BCUT2D eigenvalue weighted by Crippen LogP contribution is -1.80. The van der Waals surface area contributed by atoms with Gasteiger partial charge < -0.3 is 5.73 Å². The minimum Gasteiger partial charge on any atom is -0.374 e. The standard InChI is InChI=1S/C6H9N3S/c1-3-2-4(3)5-8-9-6(7)10-5/h3-4H,2H2,1H3,(H2,7,9). The summed E-state index contributed by atoms with van der Waals surface area (Å²) < 4.78 is 0. The van der Waals surface area contributed by atoms with Gasteiger partial charge in [0.25, 0.3) is 0 Å². The van der Waals surface area contributed by atoms with Gasteiger partial charge in [0.2, 0.25) is 5.13 Å². The molecule has 2 N–H and O–H groups in total. The van der Waals surface area contributed by atoms with Crippen molar-refractivity contribution >= 4 is 16.5 Å². The van der Waals surface area contributed by atoms with E-state index in [1.54, 1.807) is 0 Å². The van der Waals surface area contributed by atoms with E-state index in [0.717, 1.165) is 10.9 Å². The third kappa shape index (κ3) is 0.883. The lowest BCUT2D eigenvalue weighted by atomic mass is 10.4. The number of rotatable bonds is 1. The van der Waals surface area contributed by atoms with Crippen LogP contribution in [0.4, 0.5) is 5.13 Å². The molecule has 0 saturated heterocycles. The van der Waals surface area contributed by atoms with Crippen LogP contribution in [0, 0.1) is 5.92 Å². The molecule has 1 aliphatic rings. The molecule has 2 atom stereocenters. The lowest BCUT2D eigenvalue weighted by molar-refractivity contribution is 0.882. The predicted octanol–water partition coefficient (Wildman–Crippen LogP) is 1.24. The summed E-state index contributed by atoms with van der Waals surface area (Å²) in [6.45, 7) is 2.22. The van der Waals surface area contributed by atoms with Crippen LogP contribution in [0.2, 0.25) is 0 Å². The summed E-state index contributed by atoms with van der Waals surface area (Å²) in [6.07, 6.45) is 1.26. The number of nitrogens with zero attached hydrogens (tertiary/aromatic N) is 2. The van der Waals surface area contributed by atoms with E-state index in [2.05, 4.69) is 17.1 Å². The van der Waals surface area contributed by atoms with Gasteiger partial charge in [-0.25, -0.2) is 0 Å². The maximum atomic E-state index is 5.43. The Kier molecular flexibility index (Phi) is 1.17. The Morgan fingerprint density at radius 3 is 2.70 bits per heavy atom. The van der Waals surface area contributed by atoms with Crippen molar-refractivity contribution in [3.05, 3.63) is 5.01 Å². The first-order valence-electron chi connectivity index (χ1n) is 3.36. The second-order valence-corrected chi connectivity index (χ2v) is 3.84. The van der Waals surface area contributed by atoms with Crippen molar-refractivity contribution in [2.24, 2.45) is 5.92 Å². The smallest absolute Gasteiger partial charge is 0.203 e. The normalized spacial score (nSPS) is 30.5. The molecule has 2 unspecified atom stereocenters. The van der Waals surface area contributed by atoms with Crippen LogP contribution in [0.5, 0.6) is 0 Å². The number of aromatic nitrogens is 2. The largest absolute Gasteiger partial charge is 0.374 e. The summed E-state index contributed by atoms with van der Waals surface area (Å²) in [4.78, 5) is 0. The van der Waals surface area contributed by atoms with Gasteiger partial charge in [-0.05, 0) is 12.3 Å². The summed E-state index contributed by atoms with van der Waals surface area (Å²) in [7, 11) is 0. The van der Waals surface area contributed by atoms with Gasteiger partial charge in [0.05, 0.1) is 0 Å². The lowest BCUT2D eigenvalue weighted by Gasteiger charge is -1.82. The molecular weight excluding hydrogens is 146 g/mol. The van der Waals surface area contributed by atoms with Crippen LogP contribution in [0.25, 0.3) is 0 Å². The Hall–Kier alpha value is -0.640. The Morgan fingerprint density at radius 2 is 2.30 bits per heavy atom. The third-order valence-electron chi connectivity index (χ3n) is 1.88. The topological polar surface area (TPSA) is 51.8 Å². The fourth-order valence-corrected chi connectivity index (χ4v) is 1.92. The highest BCUT2D eigenvalue weighted by Gasteiger charge is 2.36. The number of hydrogen-bond acceptors (Lipinski definition) is 4. The molecule has 0 aromatic carbocycles. The van der Waals surface area contributed by atoms with Crippen molar-refractivity contribution in [1.29, 1.82) is 0 Å². The molecule has 1 aromatic heterocycles. The van der Waals surface area contributed by atoms with E-state index in [1.807, 2.05) is 0 Å². The summed E-state index contributed by atoms with van der Waals surface area (Å²) in [5.74, 6) is 1.46. The minimum absolute atomic E-state index is 0.592. The van der Waals surface area contributed by atoms with E-state index in [-0.39, 0.29) is 0 Å². The molecule has 1 aliphatic carbocycles. The van der Waals surface area contributed by atoms with Gasteiger partial charge in [0, 0.05) is 5.92 Å². The summed E-state index contributed by atoms with van der Waals surface area (Å²) in [5.41, 5.74) is 5.43. The Labute approximate surface area is 63.3 Å². The molecule has 54 valence electrons. The maximum absolute atomic E-state index is 5.43. The molecule has 0 bridgehead atoms. The van der Waals surface area contributed by atoms with Crippen LogP contribution < -0.4 is 5.73 Å². The number of anilines is 1. The monoisotopic (exact) mass is 155 g/mol. The highest BCUT2D eigenvalue weighted by molar-refractivity contribution is 7.15. The van der Waals surface area contributed by atoms with E-state index in [1.165, 1.54) is 17.8 Å². The van der Waals surface area contributed by atoms with Crippen LogP contribution in [-0.4, -0.2) is 10.2 Å². The molecule has 1 saturated carbocycles. The van der Waals surface area contributed by atoms with Crippen molar-refractivity contribution in [2.45, 2.75) is 19.3 Å². The van der Waals surface area contributed by atoms with Gasteiger partial charge in [-0.3, -0.25) is 0 Å². The molecule has 1 heterocycles. The van der Waals surface area contributed by atoms with Crippen molar-refractivity contribution in [2.75, 3.05) is 5.73 Å². The van der Waals surface area contributed by atoms with E-state index >= 15 is 0 Å². The van der Waals surface area contributed by atoms with E-state index in [4.69, 9.17) is 5.73 Å². The van der Waals surface area contributed by atoms with Crippen LogP contribution >= 0.6 is 11.3 Å². The molecule has 10 heavy (non-hydrogen) atoms. The highest BCUT2D eigenvalue weighted by Crippen LogP contribution is 2.47. The maximum Gasteiger partial charge on any atom is 0.203 e. The number of hydrogen-bond donors (Lipinski definition) is 1. The summed E-state index contributed by atoms with van der Waals surface area (Å²) >= 11 is 1.52. The molecule has 0 amide bonds. The first-order chi connectivity index (χ1) is 4.77. The molecule has 3 nitrogen and oxygen atoms in total. The fourth-order valence-electron chi connectivity index (χ4n) is 1.06. The van der Waals surface area contributed by atoms with E-state index < -0.39 is 0 Å². The average Bonchev–Trinajstić information content (AvgIpc) is 2.42. The summed E-state index contributed by atoms with van der Waals surface area (Å²) in [6, 6.07) is 0. The third-order valence-corrected chi connectivity index (χ3v) is 2.77. The van der Waals surface area contributed by atoms with E-state index in [0.29, 0.717) is 11.0 Å². The van der Waals surface area contributed by atoms with Crippen LogP contribution in [0.15, 0.2) is 0 Å². The first-order valence-corrected chi connectivity index (χ1v) is 4.18. The van der Waals surface area contributed by atoms with Gasteiger partial charge >= 0.3 is 0 Å². The number of nitrogens with two attached hydrogens (primary N) is 1. The first kappa shape index (κ1) is 6.09. The van der Waals surface area contributed by atoms with E-state index in [9.17, 15) is 0 Å². The molecular formula is C6H9N3S. The second-order valence-electron chi connectivity index (χ2n) is 2.80. The zero-order valence-electron chi connectivity index (χ0n) is 5.74. The fraction of sp³-hybridized carbons (Fsp3) is 0.667. The van der Waals surface area contributed by atoms with Gasteiger partial charge in [0.1, 0.15) is 5.01 Å². The SMILES string of the molecule is CC1CC1c1nnc(N)s1. The number of nitrogen functional groups attached to an aromatic ring is 1. The quantitative estimate of drug-likeness (QED) is 0.664. The summed E-state index contributed by atoms with van der Waals surface area (Å²) in [5, 5.41) is 9.44. The van der Waals surface area contributed by atoms with Crippen molar-refractivity contribution in [3.63, 3.8) is 0 Å². The molecule has 0 aliphatic heterocycles. The van der Waals surface area contributed by atoms with Crippen LogP contribution in [-0.2, 0) is 0 Å². The van der Waals surface area contributed by atoms with Gasteiger partial charge in [-0.2, -0.15) is 0 Å². The Morgan fingerprint density at radius 1 is 1.60 bits per heavy atom. The Balaban J connectivity index is 2.20. The van der Waals surface area contributed by atoms with Crippen LogP contribution in [0.1, 0.15) is 24.3 Å². The Bertz CT molecular complexity index is 245. The van der Waals surface area contributed by atoms with Gasteiger partial charge in [-0.1, -0.05) is 18.3 Å². The van der Waals surface area contributed by atoms with Crippen molar-refractivity contribution in [1.82, 2.24) is 10.2 Å². The molecule has 1 aromatic rings. The van der Waals surface area contributed by atoms with Gasteiger partial charge in [0.15, 0.2) is 0 Å². The van der Waals surface area contributed by atoms with Crippen LogP contribution in [0.3, 0.4) is 0 Å². The van der Waals surface area contributed by atoms with Crippen molar-refractivity contribution < 1.29 is 0 Å².